The summed E-state index contributed by atoms with van der Waals surface area (Å²) in [6.45, 7) is 3.16. The summed E-state index contributed by atoms with van der Waals surface area (Å²) in [4.78, 5) is 30.0. The predicted octanol–water partition coefficient (Wildman–Crippen LogP) is 4.73. The Morgan fingerprint density at radius 2 is 1.69 bits per heavy atom. The molecule has 0 aromatic heterocycles. The van der Waals surface area contributed by atoms with E-state index < -0.39 is 16.3 Å². The molecule has 0 radical (unpaired) electrons. The average Bonchev–Trinajstić information content (AvgIpc) is 3.00. The van der Waals surface area contributed by atoms with Gasteiger partial charge in [0.05, 0.1) is 4.90 Å². The maximum atomic E-state index is 13.3. The minimum atomic E-state index is -3.81. The maximum absolute atomic E-state index is 13.3. The fourth-order valence-corrected chi connectivity index (χ4v) is 6.77. The standard InChI is InChI=1S/C32H38N4O5S/c1-2-3-8-30(34-42(39,40)28-16-12-25(33)13-17-28)41-27-14-9-24(10-15-27)32(38)35-21-19-26(20-22-35)36-29-7-5-4-6-23(29)11-18-31(36)37/h4-7,9-10,12-17,26,30,34H,2-3,8,11,18-22,33H2,1H3. The Kier molecular flexibility index (Phi) is 9.13. The molecule has 9 nitrogen and oxygen atoms in total. The van der Waals surface area contributed by atoms with E-state index >= 15 is 0 Å². The summed E-state index contributed by atoms with van der Waals surface area (Å²) in [5.74, 6) is 0.549. The van der Waals surface area contributed by atoms with Gasteiger partial charge in [-0.2, -0.15) is 4.72 Å². The average molecular weight is 591 g/mol. The van der Waals surface area contributed by atoms with Crippen LogP contribution in [0.25, 0.3) is 0 Å². The first-order chi connectivity index (χ1) is 20.2. The van der Waals surface area contributed by atoms with Gasteiger partial charge in [0.15, 0.2) is 6.23 Å². The molecule has 0 spiro atoms. The molecule has 1 unspecified atom stereocenters. The molecule has 0 aliphatic carbocycles. The number of hydrogen-bond donors (Lipinski definition) is 2. The summed E-state index contributed by atoms with van der Waals surface area (Å²) < 4.78 is 34.5. The van der Waals surface area contributed by atoms with Crippen molar-refractivity contribution < 1.29 is 22.7 Å². The van der Waals surface area contributed by atoms with E-state index in [-0.39, 0.29) is 22.8 Å². The Morgan fingerprint density at radius 3 is 2.38 bits per heavy atom. The number of aryl methyl sites for hydroxylation is 1. The number of fused-ring (bicyclic) bond motifs is 1. The summed E-state index contributed by atoms with van der Waals surface area (Å²) in [6.07, 6.45) is 4.12. The molecule has 42 heavy (non-hydrogen) atoms. The van der Waals surface area contributed by atoms with Crippen LogP contribution in [0.2, 0.25) is 0 Å². The third-order valence-corrected chi connectivity index (χ3v) is 9.39. The first-order valence-electron chi connectivity index (χ1n) is 14.6. The van der Waals surface area contributed by atoms with Gasteiger partial charge in [0.25, 0.3) is 5.91 Å². The number of ether oxygens (including phenoxy) is 1. The first-order valence-corrected chi connectivity index (χ1v) is 16.1. The lowest BCUT2D eigenvalue weighted by atomic mass is 9.95. The molecule has 3 aromatic carbocycles. The fraction of sp³-hybridized carbons (Fsp3) is 0.375. The molecule has 0 saturated carbocycles. The molecule has 3 aromatic rings. The predicted molar refractivity (Wildman–Crippen MR) is 163 cm³/mol. The molecule has 0 bridgehead atoms. The van der Waals surface area contributed by atoms with E-state index in [2.05, 4.69) is 10.8 Å². The number of likely N-dealkylation sites (tertiary alicyclic amines) is 1. The number of unbranched alkanes of at least 4 members (excludes halogenated alkanes) is 1. The van der Waals surface area contributed by atoms with Crippen LogP contribution in [0.5, 0.6) is 5.75 Å². The van der Waals surface area contributed by atoms with E-state index in [0.29, 0.717) is 42.9 Å². The van der Waals surface area contributed by atoms with Crippen LogP contribution in [0.4, 0.5) is 11.4 Å². The van der Waals surface area contributed by atoms with Gasteiger partial charge in [0, 0.05) is 42.5 Å². The largest absolute Gasteiger partial charge is 0.474 e. The van der Waals surface area contributed by atoms with Gasteiger partial charge in [-0.15, -0.1) is 0 Å². The van der Waals surface area contributed by atoms with Crippen molar-refractivity contribution in [1.82, 2.24) is 9.62 Å². The normalized spacial score (nSPS) is 16.6. The molecule has 2 aliphatic rings. The zero-order valence-electron chi connectivity index (χ0n) is 23.9. The molecule has 10 heteroatoms. The van der Waals surface area contributed by atoms with Crippen LogP contribution >= 0.6 is 0 Å². The number of piperidine rings is 1. The highest BCUT2D eigenvalue weighted by Gasteiger charge is 2.33. The van der Waals surface area contributed by atoms with Crippen LogP contribution < -0.4 is 20.1 Å². The number of nitrogen functional groups attached to an aromatic ring is 1. The molecule has 1 atom stereocenters. The van der Waals surface area contributed by atoms with E-state index in [9.17, 15) is 18.0 Å². The Labute approximate surface area is 247 Å². The van der Waals surface area contributed by atoms with Gasteiger partial charge in [-0.25, -0.2) is 8.42 Å². The third kappa shape index (κ3) is 6.77. The van der Waals surface area contributed by atoms with Crippen LogP contribution in [0.1, 0.15) is 61.4 Å². The number of amides is 2. The second-order valence-electron chi connectivity index (χ2n) is 10.9. The number of rotatable bonds is 10. The summed E-state index contributed by atoms with van der Waals surface area (Å²) in [7, 11) is -3.81. The number of carbonyl (C=O) groups is 2. The van der Waals surface area contributed by atoms with Crippen molar-refractivity contribution in [2.75, 3.05) is 23.7 Å². The molecular weight excluding hydrogens is 552 g/mol. The Morgan fingerprint density at radius 1 is 1.00 bits per heavy atom. The van der Waals surface area contributed by atoms with E-state index in [4.69, 9.17) is 10.5 Å². The number of para-hydroxylation sites is 1. The molecule has 222 valence electrons. The monoisotopic (exact) mass is 590 g/mol. The van der Waals surface area contributed by atoms with E-state index in [0.717, 1.165) is 37.8 Å². The third-order valence-electron chi connectivity index (χ3n) is 7.92. The number of nitrogens with zero attached hydrogens (tertiary/aromatic N) is 2. The number of hydrogen-bond acceptors (Lipinski definition) is 6. The van der Waals surface area contributed by atoms with Gasteiger partial charge in [-0.3, -0.25) is 9.59 Å². The number of anilines is 2. The Balaban J connectivity index is 1.20. The maximum Gasteiger partial charge on any atom is 0.253 e. The lowest BCUT2D eigenvalue weighted by Gasteiger charge is -2.41. The summed E-state index contributed by atoms with van der Waals surface area (Å²) in [5.41, 5.74) is 8.92. The van der Waals surface area contributed by atoms with Gasteiger partial charge < -0.3 is 20.3 Å². The van der Waals surface area contributed by atoms with Gasteiger partial charge >= 0.3 is 0 Å². The number of benzene rings is 3. The zero-order valence-corrected chi connectivity index (χ0v) is 24.7. The quantitative estimate of drug-likeness (QED) is 0.260. The first kappa shape index (κ1) is 29.6. The second kappa shape index (κ2) is 13.0. The van der Waals surface area contributed by atoms with Crippen LogP contribution in [-0.4, -0.2) is 50.5 Å². The van der Waals surface area contributed by atoms with Crippen LogP contribution in [0.15, 0.2) is 77.7 Å². The molecule has 2 aliphatic heterocycles. The molecule has 1 saturated heterocycles. The topological polar surface area (TPSA) is 122 Å². The lowest BCUT2D eigenvalue weighted by molar-refractivity contribution is -0.119. The van der Waals surface area contributed by atoms with Crippen LogP contribution in [0, 0.1) is 0 Å². The minimum absolute atomic E-state index is 0.0723. The van der Waals surface area contributed by atoms with Crippen molar-refractivity contribution in [1.29, 1.82) is 0 Å². The number of sulfonamides is 1. The summed E-state index contributed by atoms with van der Waals surface area (Å²) in [6, 6.07) is 21.0. The molecular formula is C32H38N4O5S. The summed E-state index contributed by atoms with van der Waals surface area (Å²) in [5, 5.41) is 0. The van der Waals surface area contributed by atoms with Crippen molar-refractivity contribution in [3.05, 3.63) is 83.9 Å². The molecule has 3 N–H and O–H groups in total. The van der Waals surface area contributed by atoms with Crippen molar-refractivity contribution in [3.63, 3.8) is 0 Å². The Bertz CT molecular complexity index is 1500. The Hall–Kier alpha value is -3.89. The zero-order chi connectivity index (χ0) is 29.7. The SMILES string of the molecule is CCCCC(NS(=O)(=O)c1ccc(N)cc1)Oc1ccc(C(=O)N2CCC(N3C(=O)CCc4ccccc43)CC2)cc1. The molecule has 2 heterocycles. The van der Waals surface area contributed by atoms with Crippen molar-refractivity contribution in [2.45, 2.75) is 69.0 Å². The van der Waals surface area contributed by atoms with Crippen molar-refractivity contribution in [3.8, 4) is 5.75 Å². The minimum Gasteiger partial charge on any atom is -0.474 e. The molecule has 1 fully saturated rings. The molecule has 5 rings (SSSR count). The highest BCUT2D eigenvalue weighted by molar-refractivity contribution is 7.89. The smallest absolute Gasteiger partial charge is 0.253 e. The van der Waals surface area contributed by atoms with Gasteiger partial charge in [-0.05, 0) is 92.3 Å². The second-order valence-corrected chi connectivity index (χ2v) is 12.6. The van der Waals surface area contributed by atoms with E-state index in [1.165, 1.54) is 17.7 Å². The van der Waals surface area contributed by atoms with Gasteiger partial charge in [0.2, 0.25) is 15.9 Å². The van der Waals surface area contributed by atoms with Crippen LogP contribution in [-0.2, 0) is 21.2 Å². The highest BCUT2D eigenvalue weighted by Crippen LogP contribution is 2.32. The van der Waals surface area contributed by atoms with E-state index in [1.807, 2.05) is 34.9 Å². The van der Waals surface area contributed by atoms with Crippen LogP contribution in [0.3, 0.4) is 0 Å². The van der Waals surface area contributed by atoms with Gasteiger partial charge in [0.1, 0.15) is 5.75 Å². The van der Waals surface area contributed by atoms with Crippen molar-refractivity contribution >= 4 is 33.2 Å². The highest BCUT2D eigenvalue weighted by atomic mass is 32.2. The van der Waals surface area contributed by atoms with E-state index in [1.54, 1.807) is 36.4 Å². The molecule has 2 amide bonds. The fourth-order valence-electron chi connectivity index (χ4n) is 5.62. The number of carbonyl (C=O) groups excluding carboxylic acids is 2. The van der Waals surface area contributed by atoms with Gasteiger partial charge in [-0.1, -0.05) is 31.5 Å². The lowest BCUT2D eigenvalue weighted by Crippen LogP contribution is -2.50. The number of nitrogens with one attached hydrogen (secondary N) is 1. The summed E-state index contributed by atoms with van der Waals surface area (Å²) >= 11 is 0. The van der Waals surface area contributed by atoms with Crippen molar-refractivity contribution in [2.24, 2.45) is 0 Å². The number of nitrogens with two attached hydrogens (primary N) is 1.